The molecule has 2 rings (SSSR count). The first-order valence-corrected chi connectivity index (χ1v) is 7.25. The summed E-state index contributed by atoms with van der Waals surface area (Å²) in [6.45, 7) is -0.184. The molecule has 0 unspecified atom stereocenters. The van der Waals surface area contributed by atoms with Crippen molar-refractivity contribution in [2.75, 3.05) is 6.61 Å². The fraction of sp³-hybridized carbons (Fsp3) is 0.455. The Labute approximate surface area is 106 Å². The predicted molar refractivity (Wildman–Crippen MR) is 65.4 cm³/mol. The van der Waals surface area contributed by atoms with Gasteiger partial charge >= 0.3 is 0 Å². The van der Waals surface area contributed by atoms with Gasteiger partial charge in [0.2, 0.25) is 10.0 Å². The highest BCUT2D eigenvalue weighted by molar-refractivity contribution is 7.89. The van der Waals surface area contributed by atoms with Gasteiger partial charge in [-0.05, 0) is 31.4 Å². The number of aliphatic hydroxyl groups is 1. The van der Waals surface area contributed by atoms with Gasteiger partial charge in [-0.3, -0.25) is 0 Å². The monoisotopic (exact) mass is 275 g/mol. The van der Waals surface area contributed by atoms with E-state index in [1.165, 1.54) is 12.1 Å². The lowest BCUT2D eigenvalue weighted by Crippen LogP contribution is -2.55. The highest BCUT2D eigenvalue weighted by Crippen LogP contribution is 2.33. The summed E-state index contributed by atoms with van der Waals surface area (Å²) >= 11 is 5.86. The first kappa shape index (κ1) is 12.8. The van der Waals surface area contributed by atoms with Crippen LogP contribution in [0.1, 0.15) is 19.3 Å². The lowest BCUT2D eigenvalue weighted by atomic mass is 9.78. The second kappa shape index (κ2) is 4.57. The van der Waals surface area contributed by atoms with Gasteiger partial charge in [0.25, 0.3) is 0 Å². The van der Waals surface area contributed by atoms with Crippen LogP contribution in [0.3, 0.4) is 0 Å². The number of hydrogen-bond donors (Lipinski definition) is 2. The van der Waals surface area contributed by atoms with Crippen molar-refractivity contribution in [3.05, 3.63) is 29.3 Å². The minimum atomic E-state index is -3.66. The fourth-order valence-electron chi connectivity index (χ4n) is 1.90. The molecule has 94 valence electrons. The molecule has 1 aliphatic carbocycles. The molecule has 1 saturated carbocycles. The maximum atomic E-state index is 12.1. The molecule has 0 bridgehead atoms. The average Bonchev–Trinajstić information content (AvgIpc) is 2.24. The summed E-state index contributed by atoms with van der Waals surface area (Å²) < 4.78 is 26.8. The Morgan fingerprint density at radius 1 is 1.35 bits per heavy atom. The molecule has 17 heavy (non-hydrogen) atoms. The Kier molecular flexibility index (Phi) is 3.45. The molecule has 4 nitrogen and oxygen atoms in total. The zero-order valence-electron chi connectivity index (χ0n) is 9.19. The fourth-order valence-corrected chi connectivity index (χ4v) is 3.87. The zero-order chi connectivity index (χ0) is 12.5. The number of rotatable bonds is 4. The van der Waals surface area contributed by atoms with Gasteiger partial charge in [0.05, 0.1) is 17.2 Å². The maximum Gasteiger partial charge on any atom is 0.242 e. The Hall–Kier alpha value is -0.620. The van der Waals surface area contributed by atoms with Crippen LogP contribution in [-0.4, -0.2) is 25.7 Å². The molecule has 0 amide bonds. The number of sulfonamides is 1. The van der Waals surface area contributed by atoms with Crippen molar-refractivity contribution < 1.29 is 13.5 Å². The molecule has 0 aromatic heterocycles. The van der Waals surface area contributed by atoms with Crippen molar-refractivity contribution >= 4 is 21.6 Å². The summed E-state index contributed by atoms with van der Waals surface area (Å²) in [6.07, 6.45) is 2.24. The van der Waals surface area contributed by atoms with E-state index in [1.54, 1.807) is 12.1 Å². The number of nitrogens with one attached hydrogen (secondary N) is 1. The van der Waals surface area contributed by atoms with Crippen LogP contribution in [0.5, 0.6) is 0 Å². The van der Waals surface area contributed by atoms with Crippen LogP contribution < -0.4 is 4.72 Å². The predicted octanol–water partition coefficient (Wildman–Crippen LogP) is 1.53. The third-order valence-electron chi connectivity index (χ3n) is 3.09. The van der Waals surface area contributed by atoms with E-state index in [1.807, 2.05) is 0 Å². The molecular weight excluding hydrogens is 262 g/mol. The van der Waals surface area contributed by atoms with Crippen molar-refractivity contribution in [2.45, 2.75) is 29.7 Å². The van der Waals surface area contributed by atoms with E-state index in [9.17, 15) is 13.5 Å². The highest BCUT2D eigenvalue weighted by Gasteiger charge is 2.40. The summed E-state index contributed by atoms with van der Waals surface area (Å²) in [7, 11) is -3.66. The minimum Gasteiger partial charge on any atom is -0.394 e. The van der Waals surface area contributed by atoms with E-state index in [2.05, 4.69) is 4.72 Å². The third kappa shape index (κ3) is 2.47. The topological polar surface area (TPSA) is 66.4 Å². The summed E-state index contributed by atoms with van der Waals surface area (Å²) in [5.74, 6) is 0. The molecule has 6 heteroatoms. The SMILES string of the molecule is O=S(=O)(NC1(CO)CCC1)c1ccccc1Cl. The van der Waals surface area contributed by atoms with Gasteiger partial charge in [-0.2, -0.15) is 0 Å². The van der Waals surface area contributed by atoms with Crippen LogP contribution in [0.2, 0.25) is 5.02 Å². The second-order valence-electron chi connectivity index (χ2n) is 4.33. The van der Waals surface area contributed by atoms with Crippen LogP contribution >= 0.6 is 11.6 Å². The maximum absolute atomic E-state index is 12.1. The zero-order valence-corrected chi connectivity index (χ0v) is 10.8. The molecule has 1 fully saturated rings. The first-order chi connectivity index (χ1) is 7.99. The lowest BCUT2D eigenvalue weighted by molar-refractivity contribution is 0.110. The molecule has 0 saturated heterocycles. The second-order valence-corrected chi connectivity index (χ2v) is 6.39. The van der Waals surface area contributed by atoms with E-state index < -0.39 is 15.6 Å². The molecule has 1 aliphatic rings. The average molecular weight is 276 g/mol. The quantitative estimate of drug-likeness (QED) is 0.876. The van der Waals surface area contributed by atoms with E-state index in [0.29, 0.717) is 12.8 Å². The van der Waals surface area contributed by atoms with E-state index in [-0.39, 0.29) is 16.5 Å². The van der Waals surface area contributed by atoms with E-state index in [0.717, 1.165) is 6.42 Å². The molecule has 0 aliphatic heterocycles. The molecule has 0 spiro atoms. The van der Waals surface area contributed by atoms with Crippen molar-refractivity contribution in [1.29, 1.82) is 0 Å². The van der Waals surface area contributed by atoms with E-state index in [4.69, 9.17) is 11.6 Å². The number of halogens is 1. The summed E-state index contributed by atoms with van der Waals surface area (Å²) in [6, 6.07) is 6.27. The van der Waals surface area contributed by atoms with Gasteiger partial charge < -0.3 is 5.11 Å². The Morgan fingerprint density at radius 3 is 2.47 bits per heavy atom. The van der Waals surface area contributed by atoms with Gasteiger partial charge in [-0.25, -0.2) is 13.1 Å². The van der Waals surface area contributed by atoms with Crippen molar-refractivity contribution in [1.82, 2.24) is 4.72 Å². The van der Waals surface area contributed by atoms with Crippen molar-refractivity contribution in [2.24, 2.45) is 0 Å². The van der Waals surface area contributed by atoms with Crippen LogP contribution in [0, 0.1) is 0 Å². The van der Waals surface area contributed by atoms with Gasteiger partial charge in [0.1, 0.15) is 4.90 Å². The summed E-state index contributed by atoms with van der Waals surface area (Å²) in [4.78, 5) is 0.0568. The Balaban J connectivity index is 2.29. The largest absolute Gasteiger partial charge is 0.394 e. The molecule has 2 N–H and O–H groups in total. The molecule has 0 atom stereocenters. The van der Waals surface area contributed by atoms with E-state index >= 15 is 0 Å². The van der Waals surface area contributed by atoms with Crippen LogP contribution in [0.15, 0.2) is 29.2 Å². The van der Waals surface area contributed by atoms with Gasteiger partial charge in [-0.15, -0.1) is 0 Å². The number of aliphatic hydroxyl groups excluding tert-OH is 1. The number of hydrogen-bond acceptors (Lipinski definition) is 3. The highest BCUT2D eigenvalue weighted by atomic mass is 35.5. The van der Waals surface area contributed by atoms with Gasteiger partial charge in [0, 0.05) is 0 Å². The van der Waals surface area contributed by atoms with Gasteiger partial charge in [-0.1, -0.05) is 23.7 Å². The Bertz CT molecular complexity index is 506. The summed E-state index contributed by atoms with van der Waals surface area (Å²) in [5, 5.41) is 9.44. The smallest absolute Gasteiger partial charge is 0.242 e. The molecule has 1 aromatic carbocycles. The van der Waals surface area contributed by atoms with Crippen LogP contribution in [0.4, 0.5) is 0 Å². The van der Waals surface area contributed by atoms with Gasteiger partial charge in [0.15, 0.2) is 0 Å². The molecule has 1 aromatic rings. The summed E-state index contributed by atoms with van der Waals surface area (Å²) in [5.41, 5.74) is -0.696. The molecular formula is C11H14ClNO3S. The lowest BCUT2D eigenvalue weighted by Gasteiger charge is -2.40. The molecule has 0 heterocycles. The standard InChI is InChI=1S/C11H14ClNO3S/c12-9-4-1-2-5-10(9)17(15,16)13-11(8-14)6-3-7-11/h1-2,4-5,13-14H,3,6-8H2. The first-order valence-electron chi connectivity index (χ1n) is 5.38. The number of benzene rings is 1. The minimum absolute atomic E-state index is 0.0568. The van der Waals surface area contributed by atoms with Crippen LogP contribution in [0.25, 0.3) is 0 Å². The third-order valence-corrected chi connectivity index (χ3v) is 5.17. The van der Waals surface area contributed by atoms with Crippen molar-refractivity contribution in [3.8, 4) is 0 Å². The normalized spacial score (nSPS) is 18.7. The Morgan fingerprint density at radius 2 is 2.00 bits per heavy atom. The van der Waals surface area contributed by atoms with Crippen molar-refractivity contribution in [3.63, 3.8) is 0 Å². The molecule has 0 radical (unpaired) electrons. The van der Waals surface area contributed by atoms with Crippen LogP contribution in [-0.2, 0) is 10.0 Å².